The number of nitrogens with one attached hydrogen (secondary N) is 3. The lowest BCUT2D eigenvalue weighted by atomic mass is 10.2. The van der Waals surface area contributed by atoms with Crippen molar-refractivity contribution in [3.05, 3.63) is 39.6 Å². The lowest BCUT2D eigenvalue weighted by Gasteiger charge is -2.11. The summed E-state index contributed by atoms with van der Waals surface area (Å²) >= 11 is 6.03. The summed E-state index contributed by atoms with van der Waals surface area (Å²) in [5.41, 5.74) is 0.461. The van der Waals surface area contributed by atoms with Crippen molar-refractivity contribution in [2.75, 3.05) is 18.5 Å². The summed E-state index contributed by atoms with van der Waals surface area (Å²) < 4.78 is 5.42. The number of hydrogen-bond acceptors (Lipinski definition) is 3. The number of ether oxygens (including phenoxy) is 1. The van der Waals surface area contributed by atoms with Crippen LogP contribution < -0.4 is 16.1 Å². The summed E-state index contributed by atoms with van der Waals surface area (Å²) in [5.74, 6) is 0. The highest BCUT2D eigenvalue weighted by atomic mass is 35.5. The first-order chi connectivity index (χ1) is 10.6. The van der Waals surface area contributed by atoms with Gasteiger partial charge in [0.05, 0.1) is 16.6 Å². The molecule has 0 saturated carbocycles. The smallest absolute Gasteiger partial charge is 0.319 e. The number of rotatable bonds is 3. The first kappa shape index (κ1) is 14.9. The molecule has 1 aliphatic heterocycles. The van der Waals surface area contributed by atoms with Crippen LogP contribution in [0.3, 0.4) is 0 Å². The molecule has 0 spiro atoms. The standard InChI is InChI=1S/C15H16ClN3O3/c16-11-5-1-4-10-13(11)17-8-12(14(10)20)19-15(21)18-7-9-3-2-6-22-9/h1,4-5,8-9H,2-3,6-7H2,(H,17,20)(H2,18,19,21)/t9-/m1/s1. The molecule has 1 aromatic heterocycles. The largest absolute Gasteiger partial charge is 0.376 e. The molecule has 1 fully saturated rings. The molecule has 6 nitrogen and oxygen atoms in total. The Morgan fingerprint density at radius 2 is 2.32 bits per heavy atom. The molecule has 3 rings (SSSR count). The summed E-state index contributed by atoms with van der Waals surface area (Å²) in [6.45, 7) is 1.17. The van der Waals surface area contributed by atoms with Crippen molar-refractivity contribution in [2.45, 2.75) is 18.9 Å². The zero-order valence-corrected chi connectivity index (χ0v) is 12.6. The Balaban J connectivity index is 1.72. The van der Waals surface area contributed by atoms with Crippen LogP contribution in [-0.2, 0) is 4.74 Å². The fourth-order valence-electron chi connectivity index (χ4n) is 2.49. The van der Waals surface area contributed by atoms with Gasteiger partial charge in [-0.15, -0.1) is 0 Å². The Hall–Kier alpha value is -2.05. The number of hydrogen-bond donors (Lipinski definition) is 3. The maximum absolute atomic E-state index is 12.3. The molecule has 116 valence electrons. The van der Waals surface area contributed by atoms with Gasteiger partial charge in [0.15, 0.2) is 0 Å². The number of fused-ring (bicyclic) bond motifs is 1. The second-order valence-electron chi connectivity index (χ2n) is 5.16. The Kier molecular flexibility index (Phi) is 4.31. The van der Waals surface area contributed by atoms with E-state index in [4.69, 9.17) is 16.3 Å². The molecule has 3 N–H and O–H groups in total. The van der Waals surface area contributed by atoms with E-state index in [-0.39, 0.29) is 17.2 Å². The number of amides is 2. The number of urea groups is 1. The van der Waals surface area contributed by atoms with Gasteiger partial charge in [-0.2, -0.15) is 0 Å². The third kappa shape index (κ3) is 3.08. The lowest BCUT2D eigenvalue weighted by molar-refractivity contribution is 0.112. The van der Waals surface area contributed by atoms with E-state index in [2.05, 4.69) is 15.6 Å². The maximum atomic E-state index is 12.3. The quantitative estimate of drug-likeness (QED) is 0.812. The van der Waals surface area contributed by atoms with Gasteiger partial charge in [0, 0.05) is 24.7 Å². The van der Waals surface area contributed by atoms with Crippen LogP contribution in [0.1, 0.15) is 12.8 Å². The van der Waals surface area contributed by atoms with Gasteiger partial charge in [-0.3, -0.25) is 4.79 Å². The minimum absolute atomic E-state index is 0.0550. The fourth-order valence-corrected chi connectivity index (χ4v) is 2.72. The summed E-state index contributed by atoms with van der Waals surface area (Å²) in [4.78, 5) is 27.1. The zero-order valence-electron chi connectivity index (χ0n) is 11.8. The number of carbonyl (C=O) groups excluding carboxylic acids is 1. The van der Waals surface area contributed by atoms with Crippen LogP contribution in [0.2, 0.25) is 5.02 Å². The lowest BCUT2D eigenvalue weighted by Crippen LogP contribution is -2.36. The van der Waals surface area contributed by atoms with E-state index in [1.54, 1.807) is 18.2 Å². The molecule has 0 unspecified atom stereocenters. The van der Waals surface area contributed by atoms with Crippen LogP contribution >= 0.6 is 11.6 Å². The normalized spacial score (nSPS) is 17.6. The van der Waals surface area contributed by atoms with E-state index in [1.807, 2.05) is 0 Å². The first-order valence-electron chi connectivity index (χ1n) is 7.11. The number of H-pyrrole nitrogens is 1. The Labute approximate surface area is 131 Å². The minimum atomic E-state index is -0.428. The molecule has 1 aromatic carbocycles. The van der Waals surface area contributed by atoms with Gasteiger partial charge in [-0.25, -0.2) is 4.79 Å². The molecule has 0 radical (unpaired) electrons. The predicted octanol–water partition coefficient (Wildman–Crippen LogP) is 2.48. The van der Waals surface area contributed by atoms with Crippen LogP contribution in [0.5, 0.6) is 0 Å². The fraction of sp³-hybridized carbons (Fsp3) is 0.333. The van der Waals surface area contributed by atoms with E-state index in [1.165, 1.54) is 6.20 Å². The van der Waals surface area contributed by atoms with Crippen LogP contribution in [0.15, 0.2) is 29.2 Å². The van der Waals surface area contributed by atoms with Gasteiger partial charge in [0.1, 0.15) is 5.69 Å². The molecule has 7 heteroatoms. The van der Waals surface area contributed by atoms with Crippen molar-refractivity contribution < 1.29 is 9.53 Å². The molecule has 22 heavy (non-hydrogen) atoms. The Morgan fingerprint density at radius 1 is 1.45 bits per heavy atom. The van der Waals surface area contributed by atoms with Crippen molar-refractivity contribution in [3.63, 3.8) is 0 Å². The van der Waals surface area contributed by atoms with E-state index in [0.29, 0.717) is 22.5 Å². The average molecular weight is 322 g/mol. The van der Waals surface area contributed by atoms with Crippen LogP contribution in [0.4, 0.5) is 10.5 Å². The van der Waals surface area contributed by atoms with Crippen LogP contribution in [-0.4, -0.2) is 30.3 Å². The van der Waals surface area contributed by atoms with Gasteiger partial charge < -0.3 is 20.4 Å². The van der Waals surface area contributed by atoms with Crippen molar-refractivity contribution in [3.8, 4) is 0 Å². The Bertz CT molecular complexity index is 753. The molecule has 1 aliphatic rings. The number of para-hydroxylation sites is 1. The number of benzene rings is 1. The van der Waals surface area contributed by atoms with Crippen molar-refractivity contribution >= 4 is 34.2 Å². The summed E-state index contributed by atoms with van der Waals surface area (Å²) in [6.07, 6.45) is 3.45. The van der Waals surface area contributed by atoms with Gasteiger partial charge >= 0.3 is 6.03 Å². The number of carbonyl (C=O) groups is 1. The molecular formula is C15H16ClN3O3. The molecule has 2 heterocycles. The van der Waals surface area contributed by atoms with E-state index >= 15 is 0 Å². The van der Waals surface area contributed by atoms with Gasteiger partial charge in [-0.05, 0) is 25.0 Å². The first-order valence-corrected chi connectivity index (χ1v) is 7.49. The highest BCUT2D eigenvalue weighted by Crippen LogP contribution is 2.19. The van der Waals surface area contributed by atoms with Gasteiger partial charge in [-0.1, -0.05) is 17.7 Å². The average Bonchev–Trinajstić information content (AvgIpc) is 3.02. The summed E-state index contributed by atoms with van der Waals surface area (Å²) in [5, 5.41) is 6.16. The SMILES string of the molecule is O=C(NC[C@H]1CCCO1)Nc1c[nH]c2c(Cl)cccc2c1=O. The van der Waals surface area contributed by atoms with E-state index in [9.17, 15) is 9.59 Å². The molecule has 2 amide bonds. The third-order valence-corrected chi connectivity index (χ3v) is 3.94. The number of halogens is 1. The highest BCUT2D eigenvalue weighted by molar-refractivity contribution is 6.35. The van der Waals surface area contributed by atoms with E-state index in [0.717, 1.165) is 19.4 Å². The molecule has 1 saturated heterocycles. The van der Waals surface area contributed by atoms with Crippen LogP contribution in [0, 0.1) is 0 Å². The number of anilines is 1. The molecule has 2 aromatic rings. The van der Waals surface area contributed by atoms with Crippen molar-refractivity contribution in [2.24, 2.45) is 0 Å². The van der Waals surface area contributed by atoms with E-state index < -0.39 is 6.03 Å². The number of pyridine rings is 1. The number of aromatic nitrogens is 1. The van der Waals surface area contributed by atoms with Crippen molar-refractivity contribution in [1.29, 1.82) is 0 Å². The topological polar surface area (TPSA) is 83.2 Å². The van der Waals surface area contributed by atoms with Crippen LogP contribution in [0.25, 0.3) is 10.9 Å². The summed E-state index contributed by atoms with van der Waals surface area (Å²) in [6, 6.07) is 4.63. The second-order valence-corrected chi connectivity index (χ2v) is 5.57. The maximum Gasteiger partial charge on any atom is 0.319 e. The zero-order chi connectivity index (χ0) is 15.5. The number of aromatic amines is 1. The van der Waals surface area contributed by atoms with Crippen molar-refractivity contribution in [1.82, 2.24) is 10.3 Å². The highest BCUT2D eigenvalue weighted by Gasteiger charge is 2.16. The summed E-state index contributed by atoms with van der Waals surface area (Å²) in [7, 11) is 0. The molecule has 0 bridgehead atoms. The Morgan fingerprint density at radius 3 is 3.09 bits per heavy atom. The molecule has 1 atom stereocenters. The molecule has 0 aliphatic carbocycles. The third-order valence-electron chi connectivity index (χ3n) is 3.63. The molecular weight excluding hydrogens is 306 g/mol. The van der Waals surface area contributed by atoms with Gasteiger partial charge in [0.25, 0.3) is 0 Å². The predicted molar refractivity (Wildman–Crippen MR) is 85.6 cm³/mol. The second kappa shape index (κ2) is 6.37. The van der Waals surface area contributed by atoms with Gasteiger partial charge in [0.2, 0.25) is 5.43 Å². The monoisotopic (exact) mass is 321 g/mol. The minimum Gasteiger partial charge on any atom is -0.376 e.